The fourth-order valence-corrected chi connectivity index (χ4v) is 3.73. The average molecular weight is 470 g/mol. The summed E-state index contributed by atoms with van der Waals surface area (Å²) in [7, 11) is 1.42. The second-order valence-electron chi connectivity index (χ2n) is 8.65. The Labute approximate surface area is 195 Å². The Hall–Kier alpha value is -3.88. The minimum atomic E-state index is -3.66. The van der Waals surface area contributed by atoms with Gasteiger partial charge in [0.15, 0.2) is 11.5 Å². The molecule has 2 N–H and O–H groups in total. The molecule has 0 spiro atoms. The minimum Gasteiger partial charge on any atom is -0.496 e. The summed E-state index contributed by atoms with van der Waals surface area (Å²) in [5.74, 6) is -0.225. The van der Waals surface area contributed by atoms with E-state index in [2.05, 4.69) is 19.8 Å². The van der Waals surface area contributed by atoms with Crippen LogP contribution in [-0.2, 0) is 5.41 Å². The van der Waals surface area contributed by atoms with Gasteiger partial charge in [-0.25, -0.2) is 9.78 Å². The highest BCUT2D eigenvalue weighted by Gasteiger charge is 2.43. The van der Waals surface area contributed by atoms with Gasteiger partial charge in [0.1, 0.15) is 17.1 Å². The Bertz CT molecular complexity index is 1260. The lowest BCUT2D eigenvalue weighted by Gasteiger charge is -2.26. The Balaban J connectivity index is 1.56. The number of aromatic carboxylic acids is 1. The van der Waals surface area contributed by atoms with Gasteiger partial charge in [0, 0.05) is 17.5 Å². The summed E-state index contributed by atoms with van der Waals surface area (Å²) in [6.07, 6.45) is -3.66. The lowest BCUT2D eigenvalue weighted by molar-refractivity contribution is -0.286. The standard InChI is InChI=1S/C25H24F2N2O5/c1-14-5-10-21(29-22(14)15-6-8-18(32-4)17(11-15)23(30)31)28-13-24(2,3)16-7-9-19-20(12-16)34-25(26,27)33-19/h5-12H,13H2,1-4H3,(H,28,29)(H,30,31). The highest BCUT2D eigenvalue weighted by molar-refractivity contribution is 5.92. The summed E-state index contributed by atoms with van der Waals surface area (Å²) in [5, 5.41) is 12.8. The first-order valence-corrected chi connectivity index (χ1v) is 10.5. The molecule has 0 radical (unpaired) electrons. The molecule has 0 saturated carbocycles. The first-order valence-electron chi connectivity index (χ1n) is 10.5. The van der Waals surface area contributed by atoms with Crippen molar-refractivity contribution in [2.75, 3.05) is 19.0 Å². The molecule has 3 aromatic rings. The molecule has 0 atom stereocenters. The van der Waals surface area contributed by atoms with E-state index in [1.54, 1.807) is 24.3 Å². The van der Waals surface area contributed by atoms with E-state index in [-0.39, 0.29) is 22.8 Å². The van der Waals surface area contributed by atoms with Gasteiger partial charge < -0.3 is 24.6 Å². The monoisotopic (exact) mass is 470 g/mol. The van der Waals surface area contributed by atoms with Crippen LogP contribution in [-0.4, -0.2) is 36.0 Å². The van der Waals surface area contributed by atoms with E-state index in [1.165, 1.54) is 19.2 Å². The van der Waals surface area contributed by atoms with Crippen LogP contribution in [0.5, 0.6) is 17.2 Å². The molecule has 1 aliphatic rings. The molecule has 0 amide bonds. The number of carboxylic acid groups (broad SMARTS) is 1. The molecule has 4 rings (SSSR count). The summed E-state index contributed by atoms with van der Waals surface area (Å²) < 4.78 is 40.9. The lowest BCUT2D eigenvalue weighted by Crippen LogP contribution is -2.28. The molecule has 34 heavy (non-hydrogen) atoms. The Kier molecular flexibility index (Phi) is 5.80. The van der Waals surface area contributed by atoms with Gasteiger partial charge in [-0.15, -0.1) is 8.78 Å². The van der Waals surface area contributed by atoms with Crippen LogP contribution in [0, 0.1) is 6.92 Å². The Morgan fingerprint density at radius 1 is 1.12 bits per heavy atom. The maximum absolute atomic E-state index is 13.4. The Morgan fingerprint density at radius 3 is 2.56 bits per heavy atom. The first-order chi connectivity index (χ1) is 16.0. The van der Waals surface area contributed by atoms with Crippen molar-refractivity contribution >= 4 is 11.8 Å². The van der Waals surface area contributed by atoms with Crippen molar-refractivity contribution in [1.82, 2.24) is 4.98 Å². The number of fused-ring (bicyclic) bond motifs is 1. The topological polar surface area (TPSA) is 89.9 Å². The van der Waals surface area contributed by atoms with E-state index >= 15 is 0 Å². The molecule has 0 saturated heterocycles. The molecule has 178 valence electrons. The molecule has 7 nitrogen and oxygen atoms in total. The predicted octanol–water partition coefficient (Wildman–Crippen LogP) is 5.48. The number of nitrogens with one attached hydrogen (secondary N) is 1. The van der Waals surface area contributed by atoms with E-state index in [9.17, 15) is 18.7 Å². The van der Waals surface area contributed by atoms with Crippen molar-refractivity contribution in [2.45, 2.75) is 32.5 Å². The number of hydrogen-bond donors (Lipinski definition) is 2. The number of alkyl halides is 2. The van der Waals surface area contributed by atoms with Crippen molar-refractivity contribution in [2.24, 2.45) is 0 Å². The zero-order valence-electron chi connectivity index (χ0n) is 19.1. The number of carboxylic acids is 1. The summed E-state index contributed by atoms with van der Waals surface area (Å²) >= 11 is 0. The number of benzene rings is 2. The maximum Gasteiger partial charge on any atom is 0.586 e. The van der Waals surface area contributed by atoms with Crippen LogP contribution in [0.2, 0.25) is 0 Å². The summed E-state index contributed by atoms with van der Waals surface area (Å²) in [6, 6.07) is 13.4. The molecule has 2 aromatic carbocycles. The SMILES string of the molecule is COc1ccc(-c2nc(NCC(C)(C)c3ccc4c(c3)OC(F)(F)O4)ccc2C)cc1C(=O)O. The predicted molar refractivity (Wildman–Crippen MR) is 122 cm³/mol. The van der Waals surface area contributed by atoms with Crippen LogP contribution >= 0.6 is 0 Å². The second-order valence-corrected chi connectivity index (χ2v) is 8.65. The van der Waals surface area contributed by atoms with Crippen LogP contribution in [0.1, 0.15) is 35.3 Å². The second kappa shape index (κ2) is 8.48. The highest BCUT2D eigenvalue weighted by Crippen LogP contribution is 2.43. The molecule has 0 fully saturated rings. The van der Waals surface area contributed by atoms with Gasteiger partial charge in [-0.05, 0) is 54.4 Å². The van der Waals surface area contributed by atoms with E-state index < -0.39 is 17.7 Å². The number of aromatic nitrogens is 1. The van der Waals surface area contributed by atoms with E-state index in [1.807, 2.05) is 32.9 Å². The zero-order chi connectivity index (χ0) is 24.7. The number of ether oxygens (including phenoxy) is 3. The van der Waals surface area contributed by atoms with Gasteiger partial charge in [-0.1, -0.05) is 26.0 Å². The normalized spacial score (nSPS) is 14.1. The Morgan fingerprint density at radius 2 is 1.85 bits per heavy atom. The van der Waals surface area contributed by atoms with Gasteiger partial charge in [0.25, 0.3) is 0 Å². The van der Waals surface area contributed by atoms with Crippen LogP contribution < -0.4 is 19.5 Å². The number of nitrogens with zero attached hydrogens (tertiary/aromatic N) is 1. The molecule has 0 bridgehead atoms. The zero-order valence-corrected chi connectivity index (χ0v) is 19.1. The van der Waals surface area contributed by atoms with Crippen LogP contribution in [0.25, 0.3) is 11.3 Å². The summed E-state index contributed by atoms with van der Waals surface area (Å²) in [4.78, 5) is 16.3. The average Bonchev–Trinajstić information content (AvgIpc) is 3.11. The highest BCUT2D eigenvalue weighted by atomic mass is 19.3. The fraction of sp³-hybridized carbons (Fsp3) is 0.280. The number of carbonyl (C=O) groups is 1. The minimum absolute atomic E-state index is 0.0000580. The number of anilines is 1. The van der Waals surface area contributed by atoms with Crippen LogP contribution in [0.15, 0.2) is 48.5 Å². The number of methoxy groups -OCH3 is 1. The van der Waals surface area contributed by atoms with Crippen molar-refractivity contribution in [1.29, 1.82) is 0 Å². The molecule has 1 aliphatic heterocycles. The van der Waals surface area contributed by atoms with Gasteiger partial charge >= 0.3 is 12.3 Å². The van der Waals surface area contributed by atoms with Gasteiger partial charge in [-0.2, -0.15) is 0 Å². The molecule has 0 aliphatic carbocycles. The van der Waals surface area contributed by atoms with Crippen LogP contribution in [0.4, 0.5) is 14.6 Å². The molecular formula is C25H24F2N2O5. The van der Waals surface area contributed by atoms with Crippen molar-refractivity contribution in [3.63, 3.8) is 0 Å². The van der Waals surface area contributed by atoms with Crippen LogP contribution in [0.3, 0.4) is 0 Å². The van der Waals surface area contributed by atoms with Gasteiger partial charge in [0.2, 0.25) is 0 Å². The summed E-state index contributed by atoms with van der Waals surface area (Å²) in [6.45, 7) is 6.27. The largest absolute Gasteiger partial charge is 0.586 e. The third-order valence-corrected chi connectivity index (χ3v) is 5.69. The first kappa shape index (κ1) is 23.3. The number of hydrogen-bond acceptors (Lipinski definition) is 6. The molecule has 0 unspecified atom stereocenters. The smallest absolute Gasteiger partial charge is 0.496 e. The third kappa shape index (κ3) is 4.59. The van der Waals surface area contributed by atoms with Crippen molar-refractivity contribution in [3.8, 4) is 28.5 Å². The summed E-state index contributed by atoms with van der Waals surface area (Å²) in [5.41, 5.74) is 2.54. The fourth-order valence-electron chi connectivity index (χ4n) is 3.73. The molecule has 2 heterocycles. The van der Waals surface area contributed by atoms with E-state index in [0.29, 0.717) is 23.6 Å². The number of pyridine rings is 1. The van der Waals surface area contributed by atoms with E-state index in [4.69, 9.17) is 4.74 Å². The molecular weight excluding hydrogens is 446 g/mol. The third-order valence-electron chi connectivity index (χ3n) is 5.69. The van der Waals surface area contributed by atoms with E-state index in [0.717, 1.165) is 11.1 Å². The molecule has 1 aromatic heterocycles. The van der Waals surface area contributed by atoms with Crippen molar-refractivity contribution < 1.29 is 32.9 Å². The number of halogens is 2. The molecule has 9 heteroatoms. The van der Waals surface area contributed by atoms with Gasteiger partial charge in [-0.3, -0.25) is 0 Å². The lowest BCUT2D eigenvalue weighted by atomic mass is 9.84. The number of rotatable bonds is 7. The maximum atomic E-state index is 13.4. The number of aryl methyl sites for hydroxylation is 1. The van der Waals surface area contributed by atoms with Gasteiger partial charge in [0.05, 0.1) is 12.8 Å². The van der Waals surface area contributed by atoms with Crippen molar-refractivity contribution in [3.05, 3.63) is 65.2 Å². The quantitative estimate of drug-likeness (QED) is 0.473.